The molecule has 0 radical (unpaired) electrons. The quantitative estimate of drug-likeness (QED) is 0.573. The van der Waals surface area contributed by atoms with E-state index in [-0.39, 0.29) is 11.7 Å². The summed E-state index contributed by atoms with van der Waals surface area (Å²) < 4.78 is 32.8. The summed E-state index contributed by atoms with van der Waals surface area (Å²) in [5.41, 5.74) is 0. The lowest BCUT2D eigenvalue weighted by molar-refractivity contribution is 0.412. The fourth-order valence-corrected chi connectivity index (χ4v) is 2.21. The lowest BCUT2D eigenvalue weighted by Gasteiger charge is -2.01. The van der Waals surface area contributed by atoms with Gasteiger partial charge in [-0.25, -0.2) is 4.72 Å². The molecule has 1 aliphatic heterocycles. The summed E-state index contributed by atoms with van der Waals surface area (Å²) >= 11 is 0. The molecule has 0 aromatic rings. The van der Waals surface area contributed by atoms with Gasteiger partial charge in [0.2, 0.25) is 5.84 Å². The van der Waals surface area contributed by atoms with E-state index in [1.54, 1.807) is 0 Å². The molecular formula is C12H20N4O3S. The highest BCUT2D eigenvalue weighted by molar-refractivity contribution is 7.89. The molecule has 0 aromatic carbocycles. The maximum absolute atomic E-state index is 11.2. The predicted molar refractivity (Wildman–Crippen MR) is 79.0 cm³/mol. The zero-order valence-corrected chi connectivity index (χ0v) is 12.8. The minimum atomic E-state index is -3.66. The predicted octanol–water partition coefficient (Wildman–Crippen LogP) is 0.0131. The van der Waals surface area contributed by atoms with E-state index in [1.807, 2.05) is 19.0 Å². The molecule has 0 fully saturated rings. The third-order valence-corrected chi connectivity index (χ3v) is 3.18. The number of rotatable bonds is 5. The van der Waals surface area contributed by atoms with Gasteiger partial charge in [0.25, 0.3) is 5.90 Å². The van der Waals surface area contributed by atoms with Gasteiger partial charge >= 0.3 is 10.2 Å². The number of aliphatic imine (C=N–C) groups is 1. The Morgan fingerprint density at radius 2 is 2.10 bits per heavy atom. The monoisotopic (exact) mass is 300 g/mol. The number of hydrogen-bond acceptors (Lipinski definition) is 5. The van der Waals surface area contributed by atoms with E-state index < -0.39 is 10.2 Å². The fraction of sp³-hybridized carbons (Fsp3) is 0.667. The Kier molecular flexibility index (Phi) is 6.48. The molecule has 0 bridgehead atoms. The van der Waals surface area contributed by atoms with Crippen molar-refractivity contribution in [3.8, 4) is 11.8 Å². The molecule has 1 N–H and O–H groups in total. The summed E-state index contributed by atoms with van der Waals surface area (Å²) in [5.74, 6) is 6.31. The van der Waals surface area contributed by atoms with Crippen molar-refractivity contribution in [3.05, 3.63) is 0 Å². The van der Waals surface area contributed by atoms with Crippen molar-refractivity contribution in [1.82, 2.24) is 9.62 Å². The van der Waals surface area contributed by atoms with E-state index in [2.05, 4.69) is 26.0 Å². The van der Waals surface area contributed by atoms with Crippen molar-refractivity contribution < 1.29 is 13.2 Å². The number of ether oxygens (including phenoxy) is 1. The van der Waals surface area contributed by atoms with Crippen molar-refractivity contribution >= 4 is 21.9 Å². The SMILES string of the molecule is COC1=NS(=O)(=O)NC1=NCCCCC#CCN(C)C. The van der Waals surface area contributed by atoms with Crippen LogP contribution in [0.25, 0.3) is 0 Å². The Hall–Kier alpha value is -1.59. The highest BCUT2D eigenvalue weighted by atomic mass is 32.2. The second-order valence-corrected chi connectivity index (χ2v) is 5.79. The van der Waals surface area contributed by atoms with Gasteiger partial charge in [0.1, 0.15) is 0 Å². The largest absolute Gasteiger partial charge is 0.478 e. The zero-order valence-electron chi connectivity index (χ0n) is 12.0. The van der Waals surface area contributed by atoms with Gasteiger partial charge < -0.3 is 4.74 Å². The van der Waals surface area contributed by atoms with E-state index in [4.69, 9.17) is 4.74 Å². The molecular weight excluding hydrogens is 280 g/mol. The second-order valence-electron chi connectivity index (χ2n) is 4.46. The first-order valence-electron chi connectivity index (χ1n) is 6.26. The van der Waals surface area contributed by atoms with Gasteiger partial charge in [0, 0.05) is 13.0 Å². The summed E-state index contributed by atoms with van der Waals surface area (Å²) in [7, 11) is 1.64. The molecule has 0 atom stereocenters. The number of hydrogen-bond donors (Lipinski definition) is 1. The summed E-state index contributed by atoms with van der Waals surface area (Å²) in [6.07, 6.45) is 2.57. The van der Waals surface area contributed by atoms with Crippen LogP contribution in [0.5, 0.6) is 0 Å². The van der Waals surface area contributed by atoms with Gasteiger partial charge in [0.15, 0.2) is 0 Å². The molecule has 20 heavy (non-hydrogen) atoms. The van der Waals surface area contributed by atoms with Gasteiger partial charge in [-0.1, -0.05) is 5.92 Å². The third-order valence-electron chi connectivity index (χ3n) is 2.32. The maximum atomic E-state index is 11.2. The van der Waals surface area contributed by atoms with Crippen LogP contribution in [0.2, 0.25) is 0 Å². The first-order valence-corrected chi connectivity index (χ1v) is 7.70. The minimum absolute atomic E-state index is 0.00998. The minimum Gasteiger partial charge on any atom is -0.478 e. The lowest BCUT2D eigenvalue weighted by atomic mass is 10.2. The average molecular weight is 300 g/mol. The second kappa shape index (κ2) is 7.87. The molecule has 0 saturated heterocycles. The molecule has 1 rings (SSSR count). The van der Waals surface area contributed by atoms with Crippen LogP contribution in [0.3, 0.4) is 0 Å². The number of nitrogens with zero attached hydrogens (tertiary/aromatic N) is 3. The van der Waals surface area contributed by atoms with Crippen molar-refractivity contribution in [2.24, 2.45) is 9.39 Å². The number of methoxy groups -OCH3 is 1. The molecule has 0 spiro atoms. The summed E-state index contributed by atoms with van der Waals surface area (Å²) in [6.45, 7) is 1.27. The van der Waals surface area contributed by atoms with Crippen LogP contribution < -0.4 is 4.72 Å². The number of nitrogens with one attached hydrogen (secondary N) is 1. The average Bonchev–Trinajstić information content (AvgIpc) is 2.67. The van der Waals surface area contributed by atoms with Crippen LogP contribution in [-0.4, -0.2) is 59.3 Å². The third kappa shape index (κ3) is 6.04. The van der Waals surface area contributed by atoms with Crippen molar-refractivity contribution in [3.63, 3.8) is 0 Å². The number of unbranched alkanes of at least 4 members (excludes halogenated alkanes) is 2. The van der Waals surface area contributed by atoms with Crippen LogP contribution in [-0.2, 0) is 14.9 Å². The van der Waals surface area contributed by atoms with Gasteiger partial charge in [-0.2, -0.15) is 8.42 Å². The Morgan fingerprint density at radius 1 is 1.35 bits per heavy atom. The van der Waals surface area contributed by atoms with E-state index in [0.29, 0.717) is 6.54 Å². The summed E-state index contributed by atoms with van der Waals surface area (Å²) in [4.78, 5) is 6.14. The molecule has 0 unspecified atom stereocenters. The Balaban J connectivity index is 2.28. The van der Waals surface area contributed by atoms with Crippen LogP contribution in [0.1, 0.15) is 19.3 Å². The molecule has 0 saturated carbocycles. The topological polar surface area (TPSA) is 83.4 Å². The summed E-state index contributed by atoms with van der Waals surface area (Å²) in [5, 5.41) is 0. The van der Waals surface area contributed by atoms with Gasteiger partial charge in [-0.15, -0.1) is 10.3 Å². The highest BCUT2D eigenvalue weighted by Gasteiger charge is 2.26. The van der Waals surface area contributed by atoms with Crippen LogP contribution in [0.4, 0.5) is 0 Å². The first-order chi connectivity index (χ1) is 9.44. The van der Waals surface area contributed by atoms with Crippen molar-refractivity contribution in [2.45, 2.75) is 19.3 Å². The molecule has 0 amide bonds. The molecule has 0 aromatic heterocycles. The van der Waals surface area contributed by atoms with Crippen molar-refractivity contribution in [1.29, 1.82) is 0 Å². The van der Waals surface area contributed by atoms with Crippen LogP contribution in [0, 0.1) is 11.8 Å². The van der Waals surface area contributed by atoms with Gasteiger partial charge in [0.05, 0.1) is 13.7 Å². The molecule has 8 heteroatoms. The van der Waals surface area contributed by atoms with E-state index >= 15 is 0 Å². The maximum Gasteiger partial charge on any atom is 0.347 e. The fourth-order valence-electron chi connectivity index (χ4n) is 1.39. The molecule has 1 aliphatic rings. The molecule has 0 aliphatic carbocycles. The molecule has 1 heterocycles. The van der Waals surface area contributed by atoms with E-state index in [9.17, 15) is 8.42 Å². The Labute approximate surface area is 120 Å². The number of amidine groups is 1. The zero-order chi connectivity index (χ0) is 15.0. The smallest absolute Gasteiger partial charge is 0.347 e. The Morgan fingerprint density at radius 3 is 2.75 bits per heavy atom. The Bertz CT molecular complexity index is 541. The lowest BCUT2D eigenvalue weighted by Crippen LogP contribution is -2.27. The normalized spacial score (nSPS) is 18.4. The highest BCUT2D eigenvalue weighted by Crippen LogP contribution is 2.03. The van der Waals surface area contributed by atoms with Gasteiger partial charge in [-0.05, 0) is 26.9 Å². The van der Waals surface area contributed by atoms with E-state index in [1.165, 1.54) is 7.11 Å². The first kappa shape index (κ1) is 16.5. The van der Waals surface area contributed by atoms with E-state index in [0.717, 1.165) is 25.8 Å². The van der Waals surface area contributed by atoms with Crippen LogP contribution in [0.15, 0.2) is 9.39 Å². The van der Waals surface area contributed by atoms with Gasteiger partial charge in [-0.3, -0.25) is 9.89 Å². The standard InChI is InChI=1S/C12H20N4O3S/c1-16(2)10-8-6-4-5-7-9-13-11-12(19-3)15-20(17,18)14-11/h4-5,7,9-10H2,1-3H3,(H,13,14). The summed E-state index contributed by atoms with van der Waals surface area (Å²) in [6, 6.07) is 0. The van der Waals surface area contributed by atoms with Crippen molar-refractivity contribution in [2.75, 3.05) is 34.3 Å². The van der Waals surface area contributed by atoms with Crippen LogP contribution >= 0.6 is 0 Å². The molecule has 7 nitrogen and oxygen atoms in total. The molecule has 112 valence electrons.